The molecule has 0 aliphatic carbocycles. The number of hydrogen-bond acceptors (Lipinski definition) is 3. The molecule has 0 saturated carbocycles. The molecule has 3 saturated heterocycles. The van der Waals surface area contributed by atoms with Crippen LogP contribution in [0.2, 0.25) is 0 Å². The third-order valence-corrected chi connectivity index (χ3v) is 7.34. The molecule has 1 aromatic carbocycles. The molecule has 0 spiro atoms. The first-order valence-electron chi connectivity index (χ1n) is 9.29. The van der Waals surface area contributed by atoms with Crippen LogP contribution in [0.1, 0.15) is 41.9 Å². The van der Waals surface area contributed by atoms with Crippen molar-refractivity contribution >= 4 is 39.7 Å². The first-order chi connectivity index (χ1) is 12.6. The van der Waals surface area contributed by atoms with Gasteiger partial charge in [0.15, 0.2) is 0 Å². The van der Waals surface area contributed by atoms with Crippen LogP contribution in [0.25, 0.3) is 10.1 Å². The van der Waals surface area contributed by atoms with Crippen LogP contribution in [0, 0.1) is 5.92 Å². The maximum atomic E-state index is 12.9. The number of carbonyl (C=O) groups is 1. The minimum Gasteiger partial charge on any atom is -0.346 e. The van der Waals surface area contributed by atoms with Gasteiger partial charge in [0.2, 0.25) is 0 Å². The normalized spacial score (nSPS) is 26.1. The van der Waals surface area contributed by atoms with E-state index in [2.05, 4.69) is 24.1 Å². The number of alkyl halides is 3. The summed E-state index contributed by atoms with van der Waals surface area (Å²) in [5.74, 6) is 0.283. The van der Waals surface area contributed by atoms with Crippen LogP contribution >= 0.6 is 23.7 Å². The lowest BCUT2D eigenvalue weighted by Gasteiger charge is -2.56. The Labute approximate surface area is 172 Å². The Bertz CT molecular complexity index is 872. The fourth-order valence-electron chi connectivity index (χ4n) is 4.68. The zero-order chi connectivity index (χ0) is 19.4. The zero-order valence-corrected chi connectivity index (χ0v) is 17.4. The SMILES string of the molecule is CC1(C)C(NC(=O)c2cc3cccc(CC(F)(F)F)c3s2)C2CCN1CC2.Cl. The van der Waals surface area contributed by atoms with Gasteiger partial charge in [-0.1, -0.05) is 18.2 Å². The van der Waals surface area contributed by atoms with Crippen LogP contribution in [-0.4, -0.2) is 41.7 Å². The minimum atomic E-state index is -4.26. The van der Waals surface area contributed by atoms with Crippen LogP contribution in [-0.2, 0) is 6.42 Å². The van der Waals surface area contributed by atoms with Gasteiger partial charge in [0.1, 0.15) is 0 Å². The Hall–Kier alpha value is -1.31. The summed E-state index contributed by atoms with van der Waals surface area (Å²) in [5.41, 5.74) is 0.127. The number of rotatable bonds is 3. The Kier molecular flexibility index (Phi) is 5.73. The van der Waals surface area contributed by atoms with E-state index in [0.717, 1.165) is 37.3 Å². The van der Waals surface area contributed by atoms with E-state index in [0.29, 0.717) is 20.9 Å². The number of hydrogen-bond donors (Lipinski definition) is 1. The molecule has 3 aliphatic heterocycles. The Balaban J connectivity index is 0.00000225. The summed E-state index contributed by atoms with van der Waals surface area (Å²) in [6.45, 7) is 6.45. The molecule has 154 valence electrons. The van der Waals surface area contributed by atoms with E-state index >= 15 is 0 Å². The van der Waals surface area contributed by atoms with Crippen LogP contribution in [0.4, 0.5) is 13.2 Å². The predicted molar refractivity (Wildman–Crippen MR) is 108 cm³/mol. The average Bonchev–Trinajstić information content (AvgIpc) is 3.02. The highest BCUT2D eigenvalue weighted by Crippen LogP contribution is 2.39. The summed E-state index contributed by atoms with van der Waals surface area (Å²) in [6.07, 6.45) is -3.08. The lowest BCUT2D eigenvalue weighted by atomic mass is 9.72. The van der Waals surface area contributed by atoms with E-state index < -0.39 is 12.6 Å². The average molecular weight is 433 g/mol. The smallest absolute Gasteiger partial charge is 0.346 e. The molecule has 1 atom stereocenters. The molecule has 3 fully saturated rings. The van der Waals surface area contributed by atoms with Gasteiger partial charge in [0.05, 0.1) is 11.3 Å². The van der Waals surface area contributed by atoms with Crippen molar-refractivity contribution < 1.29 is 18.0 Å². The molecule has 0 radical (unpaired) electrons. The molecule has 4 heterocycles. The monoisotopic (exact) mass is 432 g/mol. The number of piperidine rings is 3. The van der Waals surface area contributed by atoms with Gasteiger partial charge in [0, 0.05) is 16.3 Å². The van der Waals surface area contributed by atoms with Gasteiger partial charge in [-0.3, -0.25) is 9.69 Å². The van der Waals surface area contributed by atoms with Gasteiger partial charge in [-0.05, 0) is 62.7 Å². The molecule has 1 N–H and O–H groups in total. The quantitative estimate of drug-likeness (QED) is 0.737. The number of fused-ring (bicyclic) bond motifs is 4. The Morgan fingerprint density at radius 1 is 1.29 bits per heavy atom. The van der Waals surface area contributed by atoms with Gasteiger partial charge in [-0.25, -0.2) is 0 Å². The van der Waals surface area contributed by atoms with Gasteiger partial charge in [0.25, 0.3) is 5.91 Å². The highest BCUT2D eigenvalue weighted by atomic mass is 35.5. The number of halogens is 4. The number of carbonyl (C=O) groups excluding carboxylic acids is 1. The van der Waals surface area contributed by atoms with E-state index in [-0.39, 0.29) is 35.5 Å². The molecule has 2 bridgehead atoms. The predicted octanol–water partition coefficient (Wildman–Crippen LogP) is 5.03. The van der Waals surface area contributed by atoms with Crippen molar-refractivity contribution in [2.24, 2.45) is 5.92 Å². The molecule has 3 nitrogen and oxygen atoms in total. The van der Waals surface area contributed by atoms with Crippen molar-refractivity contribution in [2.75, 3.05) is 13.1 Å². The summed E-state index contributed by atoms with van der Waals surface area (Å²) in [7, 11) is 0. The standard InChI is InChI=1S/C20H23F3N2OS.ClH/c1-19(2)17(12-6-8-25(19)9-7-12)24-18(26)15-10-13-4-3-5-14(16(13)27-15)11-20(21,22)23;/h3-5,10,12,17H,6-9,11H2,1-2H3,(H,24,26);1H. The fourth-order valence-corrected chi connectivity index (χ4v) is 5.75. The second kappa shape index (κ2) is 7.50. The molecule has 1 aromatic heterocycles. The van der Waals surface area contributed by atoms with E-state index in [9.17, 15) is 18.0 Å². The number of nitrogens with one attached hydrogen (secondary N) is 1. The Morgan fingerprint density at radius 2 is 1.96 bits per heavy atom. The number of nitrogens with zero attached hydrogens (tertiary/aromatic N) is 1. The van der Waals surface area contributed by atoms with Crippen LogP contribution < -0.4 is 5.32 Å². The highest BCUT2D eigenvalue weighted by molar-refractivity contribution is 7.21. The summed E-state index contributed by atoms with van der Waals surface area (Å²) < 4.78 is 39.1. The van der Waals surface area contributed by atoms with E-state index in [1.54, 1.807) is 18.2 Å². The maximum absolute atomic E-state index is 12.9. The minimum absolute atomic E-state index is 0. The van der Waals surface area contributed by atoms with Gasteiger partial charge < -0.3 is 5.32 Å². The van der Waals surface area contributed by atoms with Gasteiger partial charge in [-0.2, -0.15) is 13.2 Å². The van der Waals surface area contributed by atoms with Crippen molar-refractivity contribution in [3.8, 4) is 0 Å². The fraction of sp³-hybridized carbons (Fsp3) is 0.550. The second-order valence-electron chi connectivity index (χ2n) is 8.17. The van der Waals surface area contributed by atoms with Crippen LogP contribution in [0.5, 0.6) is 0 Å². The number of amides is 1. The first-order valence-corrected chi connectivity index (χ1v) is 10.1. The molecule has 8 heteroatoms. The molecular formula is C20H24ClF3N2OS. The molecule has 1 amide bonds. The van der Waals surface area contributed by atoms with Crippen LogP contribution in [0.15, 0.2) is 24.3 Å². The molecule has 28 heavy (non-hydrogen) atoms. The highest BCUT2D eigenvalue weighted by Gasteiger charge is 2.48. The van der Waals surface area contributed by atoms with Gasteiger partial charge in [-0.15, -0.1) is 23.7 Å². The lowest BCUT2D eigenvalue weighted by molar-refractivity contribution is -0.126. The molecule has 1 unspecified atom stereocenters. The van der Waals surface area contributed by atoms with Crippen molar-refractivity contribution in [3.63, 3.8) is 0 Å². The van der Waals surface area contributed by atoms with Gasteiger partial charge >= 0.3 is 6.18 Å². The summed E-state index contributed by atoms with van der Waals surface area (Å²) in [5, 5.41) is 3.89. The van der Waals surface area contributed by atoms with Crippen molar-refractivity contribution in [2.45, 2.75) is 50.9 Å². The van der Waals surface area contributed by atoms with E-state index in [1.165, 1.54) is 6.07 Å². The summed E-state index contributed by atoms with van der Waals surface area (Å²) in [6, 6.07) is 6.65. The third-order valence-electron chi connectivity index (χ3n) is 6.11. The van der Waals surface area contributed by atoms with Crippen molar-refractivity contribution in [1.29, 1.82) is 0 Å². The number of thiophene rings is 1. The third kappa shape index (κ3) is 3.89. The molecule has 3 aliphatic rings. The zero-order valence-electron chi connectivity index (χ0n) is 15.8. The molecule has 5 rings (SSSR count). The maximum Gasteiger partial charge on any atom is 0.393 e. The summed E-state index contributed by atoms with van der Waals surface area (Å²) in [4.78, 5) is 15.8. The molecule has 2 aromatic rings. The largest absolute Gasteiger partial charge is 0.393 e. The first kappa shape index (κ1) is 21.4. The Morgan fingerprint density at radius 3 is 2.57 bits per heavy atom. The second-order valence-corrected chi connectivity index (χ2v) is 9.22. The van der Waals surface area contributed by atoms with Crippen LogP contribution in [0.3, 0.4) is 0 Å². The molecular weight excluding hydrogens is 409 g/mol. The lowest BCUT2D eigenvalue weighted by Crippen LogP contribution is -2.69. The van der Waals surface area contributed by atoms with E-state index in [1.807, 2.05) is 0 Å². The van der Waals surface area contributed by atoms with Crippen molar-refractivity contribution in [3.05, 3.63) is 34.7 Å². The number of benzene rings is 1. The van der Waals surface area contributed by atoms with Crippen molar-refractivity contribution in [1.82, 2.24) is 10.2 Å². The summed E-state index contributed by atoms with van der Waals surface area (Å²) >= 11 is 1.16. The topological polar surface area (TPSA) is 32.3 Å². The van der Waals surface area contributed by atoms with E-state index in [4.69, 9.17) is 0 Å².